The molecule has 0 unspecified atom stereocenters. The van der Waals surface area contributed by atoms with Crippen molar-refractivity contribution in [3.8, 4) is 0 Å². The molecule has 0 bridgehead atoms. The first kappa shape index (κ1) is 87.6. The summed E-state index contributed by atoms with van der Waals surface area (Å²) in [5, 5.41) is 0. The second kappa shape index (κ2) is 56.4. The standard InChI is InChI=1S/2C37H81Si3.Y/c2*1-10-19-28-38(29-20-11-2,30-21-12-3)37(39(31-22-13-4,32-23-14-5)33-24-15-6)40(34-25-16-7,35-26-17-8)36-27-18-9;/h2*10-36H2,1-9H3;/q2*-1;. The van der Waals surface area contributed by atoms with Crippen LogP contribution in [0.1, 0.15) is 356 Å². The molecule has 0 saturated heterocycles. The van der Waals surface area contributed by atoms with Gasteiger partial charge in [-0.05, 0) is 0 Å². The quantitative estimate of drug-likeness (QED) is 0.0421. The molecule has 487 valence electrons. The molecule has 0 rings (SSSR count). The molecule has 0 aliphatic heterocycles. The molecule has 0 amide bonds. The molecule has 0 heterocycles. The molecular formula is C74H162Si6Y-2. The Labute approximate surface area is 550 Å². The third-order valence-electron chi connectivity index (χ3n) is 21.3. The molecule has 7 heteroatoms. The largest absolute Gasteiger partial charge is 0.309 e. The predicted octanol–water partition coefficient (Wildman–Crippen LogP) is 29.4. The Hall–Kier alpha value is 2.41. The van der Waals surface area contributed by atoms with Crippen LogP contribution in [-0.4, -0.2) is 48.4 Å². The first-order valence-corrected chi connectivity index (χ1v) is 54.3. The van der Waals surface area contributed by atoms with E-state index in [0.29, 0.717) is 0 Å². The van der Waals surface area contributed by atoms with Gasteiger partial charge in [0.15, 0.2) is 0 Å². The van der Waals surface area contributed by atoms with E-state index in [1.807, 2.05) is 0 Å². The van der Waals surface area contributed by atoms with Gasteiger partial charge in [-0.3, -0.25) is 0 Å². The van der Waals surface area contributed by atoms with Crippen molar-refractivity contribution in [1.82, 2.24) is 0 Å². The molecule has 0 aromatic heterocycles. The van der Waals surface area contributed by atoms with E-state index in [0.717, 1.165) is 0 Å². The zero-order chi connectivity index (χ0) is 60.3. The number of rotatable bonds is 60. The summed E-state index contributed by atoms with van der Waals surface area (Å²) in [6, 6.07) is 30.2. The molecule has 0 saturated carbocycles. The topological polar surface area (TPSA) is 0 Å². The third kappa shape index (κ3) is 32.3. The third-order valence-corrected chi connectivity index (χ3v) is 70.4. The van der Waals surface area contributed by atoms with Crippen molar-refractivity contribution in [3.63, 3.8) is 0 Å². The second-order valence-electron chi connectivity index (χ2n) is 28.3. The van der Waals surface area contributed by atoms with E-state index in [9.17, 15) is 0 Å². The van der Waals surface area contributed by atoms with Crippen molar-refractivity contribution in [2.24, 2.45) is 0 Å². The molecule has 0 atom stereocenters. The summed E-state index contributed by atoms with van der Waals surface area (Å²) in [7, 11) is -9.11. The summed E-state index contributed by atoms with van der Waals surface area (Å²) in [5.41, 5.74) is 0. The van der Waals surface area contributed by atoms with Gasteiger partial charge in [-0.15, -0.1) is 0 Å². The number of unbranched alkanes of at least 4 members (excludes halogenated alkanes) is 18. The average molecular weight is 1310 g/mol. The van der Waals surface area contributed by atoms with Gasteiger partial charge in [-0.2, -0.15) is 0 Å². The van der Waals surface area contributed by atoms with Crippen molar-refractivity contribution in [1.29, 1.82) is 0 Å². The zero-order valence-electron chi connectivity index (χ0n) is 60.8. The van der Waals surface area contributed by atoms with E-state index in [-0.39, 0.29) is 32.7 Å². The fourth-order valence-corrected chi connectivity index (χ4v) is 85.2. The Balaban J connectivity index is -0.00000148. The zero-order valence-corrected chi connectivity index (χ0v) is 69.6. The Morgan fingerprint density at radius 2 is 0.198 bits per heavy atom. The summed E-state index contributed by atoms with van der Waals surface area (Å²) < 4.78 is 0. The van der Waals surface area contributed by atoms with Crippen LogP contribution in [0.15, 0.2) is 0 Å². The van der Waals surface area contributed by atoms with Crippen LogP contribution in [0.2, 0.25) is 109 Å². The molecule has 0 fully saturated rings. The van der Waals surface area contributed by atoms with Crippen molar-refractivity contribution in [2.75, 3.05) is 0 Å². The van der Waals surface area contributed by atoms with Crippen molar-refractivity contribution >= 4 is 48.4 Å². The molecule has 0 spiro atoms. The molecule has 0 aromatic carbocycles. The Morgan fingerprint density at radius 1 is 0.136 bits per heavy atom. The average Bonchev–Trinajstić information content (AvgIpc) is 3.48. The first-order chi connectivity index (χ1) is 38.8. The van der Waals surface area contributed by atoms with Crippen molar-refractivity contribution in [2.45, 2.75) is 465 Å². The minimum absolute atomic E-state index is 0. The molecule has 0 aliphatic carbocycles. The minimum Gasteiger partial charge on any atom is -0.309 e. The summed E-state index contributed by atoms with van der Waals surface area (Å²) >= 11 is 0. The minimum atomic E-state index is -1.52. The van der Waals surface area contributed by atoms with Gasteiger partial charge in [-0.1, -0.05) is 513 Å². The Morgan fingerprint density at radius 3 is 0.247 bits per heavy atom. The summed E-state index contributed by atoms with van der Waals surface area (Å²) in [6.45, 7) is 45.1. The smallest absolute Gasteiger partial charge is 0 e. The van der Waals surface area contributed by atoms with E-state index in [1.54, 1.807) is 109 Å². The van der Waals surface area contributed by atoms with Gasteiger partial charge in [0.05, 0.1) is 0 Å². The SMILES string of the molecule is CCCC[Si](CCCC)(CCCC)[C-]([Si](CCCC)(CCCC)CCCC)[Si](CCCC)(CCCC)CCCC.CCCC[Si](CCCC)(CCCC)[C-]([Si](CCCC)(CCCC)CCCC)[Si](CCCC)(CCCC)CCCC.[Y]. The summed E-state index contributed by atoms with van der Waals surface area (Å²) in [6.07, 6.45) is 53.1. The van der Waals surface area contributed by atoms with Gasteiger partial charge in [-0.25, -0.2) is 0 Å². The van der Waals surface area contributed by atoms with Gasteiger partial charge in [0, 0.05) is 32.7 Å². The van der Waals surface area contributed by atoms with Crippen molar-refractivity contribution < 1.29 is 32.7 Å². The van der Waals surface area contributed by atoms with Crippen molar-refractivity contribution in [3.05, 3.63) is 9.58 Å². The molecule has 1 radical (unpaired) electrons. The first-order valence-electron chi connectivity index (χ1n) is 38.6. The predicted molar refractivity (Wildman–Crippen MR) is 396 cm³/mol. The molecule has 0 aliphatic rings. The van der Waals surface area contributed by atoms with Crippen LogP contribution in [0, 0.1) is 9.58 Å². The number of hydrogen-bond acceptors (Lipinski definition) is 0. The molecular weight excluding hydrogens is 1150 g/mol. The van der Waals surface area contributed by atoms with Crippen LogP contribution in [-0.2, 0) is 32.7 Å². The Bertz CT molecular complexity index is 912. The van der Waals surface area contributed by atoms with E-state index in [2.05, 4.69) is 134 Å². The normalized spacial score (nSPS) is 12.9. The van der Waals surface area contributed by atoms with Crippen LogP contribution in [0.4, 0.5) is 0 Å². The fraction of sp³-hybridized carbons (Fsp3) is 0.973. The van der Waals surface area contributed by atoms with E-state index < -0.39 is 48.4 Å². The van der Waals surface area contributed by atoms with Crippen LogP contribution >= 0.6 is 0 Å². The molecule has 81 heavy (non-hydrogen) atoms. The van der Waals surface area contributed by atoms with Gasteiger partial charge in [0.25, 0.3) is 0 Å². The van der Waals surface area contributed by atoms with Gasteiger partial charge >= 0.3 is 0 Å². The van der Waals surface area contributed by atoms with Crippen LogP contribution in [0.5, 0.6) is 0 Å². The summed E-state index contributed by atoms with van der Waals surface area (Å²) in [4.78, 5) is 5.27. The van der Waals surface area contributed by atoms with Gasteiger partial charge in [0.1, 0.15) is 0 Å². The van der Waals surface area contributed by atoms with Gasteiger partial charge < -0.3 is 9.58 Å². The molecule has 0 aromatic rings. The Kier molecular flexibility index (Phi) is 61.0. The van der Waals surface area contributed by atoms with Crippen LogP contribution in [0.25, 0.3) is 0 Å². The maximum Gasteiger partial charge on any atom is 0 e. The van der Waals surface area contributed by atoms with E-state index in [1.165, 1.54) is 231 Å². The number of hydrogen-bond donors (Lipinski definition) is 0. The fourth-order valence-electron chi connectivity index (χ4n) is 17.1. The van der Waals surface area contributed by atoms with Crippen LogP contribution < -0.4 is 0 Å². The van der Waals surface area contributed by atoms with Crippen LogP contribution in [0.3, 0.4) is 0 Å². The second-order valence-corrected chi connectivity index (χ2v) is 58.7. The maximum atomic E-state index is 2.63. The van der Waals surface area contributed by atoms with Gasteiger partial charge in [0.2, 0.25) is 0 Å². The van der Waals surface area contributed by atoms with E-state index >= 15 is 0 Å². The molecule has 0 nitrogen and oxygen atoms in total. The maximum absolute atomic E-state index is 2.63. The molecule has 0 N–H and O–H groups in total. The summed E-state index contributed by atoms with van der Waals surface area (Å²) in [5.74, 6) is 0. The monoisotopic (exact) mass is 1310 g/mol. The van der Waals surface area contributed by atoms with E-state index in [4.69, 9.17) is 0 Å².